The van der Waals surface area contributed by atoms with Crippen molar-refractivity contribution in [2.75, 3.05) is 5.32 Å². The third-order valence-electron chi connectivity index (χ3n) is 2.38. The van der Waals surface area contributed by atoms with Gasteiger partial charge in [0.2, 0.25) is 0 Å². The summed E-state index contributed by atoms with van der Waals surface area (Å²) in [5.41, 5.74) is -0.175. The Morgan fingerprint density at radius 3 is 2.63 bits per heavy atom. The molecule has 0 unspecified atom stereocenters. The Morgan fingerprint density at radius 2 is 1.95 bits per heavy atom. The zero-order chi connectivity index (χ0) is 14.0. The van der Waals surface area contributed by atoms with Crippen LogP contribution in [0.2, 0.25) is 5.02 Å². The summed E-state index contributed by atoms with van der Waals surface area (Å²) in [6, 6.07) is 7.32. The van der Waals surface area contributed by atoms with Gasteiger partial charge in [-0.15, -0.1) is 0 Å². The molecule has 0 aliphatic carbocycles. The van der Waals surface area contributed by atoms with Crippen molar-refractivity contribution in [3.05, 3.63) is 57.4 Å². The zero-order valence-electron chi connectivity index (χ0n) is 9.43. The molecular formula is C12H8ClFN2O3. The van der Waals surface area contributed by atoms with Gasteiger partial charge >= 0.3 is 0 Å². The Hall–Kier alpha value is -2.34. The van der Waals surface area contributed by atoms with E-state index in [9.17, 15) is 19.6 Å². The normalized spacial score (nSPS) is 10.2. The van der Waals surface area contributed by atoms with Gasteiger partial charge in [-0.05, 0) is 30.3 Å². The largest absolute Gasteiger partial charge is 0.506 e. The number of hydrogen-bond acceptors (Lipinski definition) is 4. The van der Waals surface area contributed by atoms with Crippen LogP contribution in [-0.2, 0) is 0 Å². The first-order chi connectivity index (χ1) is 8.97. The number of nitro groups is 1. The quantitative estimate of drug-likeness (QED) is 0.509. The van der Waals surface area contributed by atoms with Crippen LogP contribution in [-0.4, -0.2) is 10.0 Å². The number of anilines is 2. The predicted molar refractivity (Wildman–Crippen MR) is 69.5 cm³/mol. The van der Waals surface area contributed by atoms with E-state index in [1.807, 2.05) is 0 Å². The molecule has 0 fully saturated rings. The Morgan fingerprint density at radius 1 is 1.21 bits per heavy atom. The van der Waals surface area contributed by atoms with Crippen LogP contribution in [0, 0.1) is 15.9 Å². The number of phenolic OH excluding ortho intramolecular Hbond substituents is 1. The van der Waals surface area contributed by atoms with Gasteiger partial charge in [0.05, 0.1) is 16.7 Å². The highest BCUT2D eigenvalue weighted by Gasteiger charge is 2.16. The molecule has 0 radical (unpaired) electrons. The standard InChI is InChI=1S/C12H8ClFN2O3/c13-7-1-4-12(17)10(5-7)15-9-3-2-8(14)6-11(9)16(18)19/h1-6,15,17H. The van der Waals surface area contributed by atoms with E-state index in [0.29, 0.717) is 5.02 Å². The third kappa shape index (κ3) is 2.92. The van der Waals surface area contributed by atoms with Gasteiger partial charge in [-0.2, -0.15) is 0 Å². The molecule has 19 heavy (non-hydrogen) atoms. The highest BCUT2D eigenvalue weighted by molar-refractivity contribution is 6.31. The first-order valence-corrected chi connectivity index (χ1v) is 5.54. The van der Waals surface area contributed by atoms with Crippen molar-refractivity contribution in [2.45, 2.75) is 0 Å². The van der Waals surface area contributed by atoms with E-state index < -0.39 is 16.4 Å². The van der Waals surface area contributed by atoms with E-state index in [2.05, 4.69) is 5.32 Å². The number of phenols is 1. The minimum atomic E-state index is -0.715. The molecule has 0 atom stereocenters. The molecule has 0 bridgehead atoms. The Kier molecular flexibility index (Phi) is 3.52. The first kappa shape index (κ1) is 13.1. The lowest BCUT2D eigenvalue weighted by atomic mass is 10.2. The third-order valence-corrected chi connectivity index (χ3v) is 2.62. The highest BCUT2D eigenvalue weighted by atomic mass is 35.5. The maximum atomic E-state index is 13.0. The number of rotatable bonds is 3. The number of nitrogens with one attached hydrogen (secondary N) is 1. The topological polar surface area (TPSA) is 75.4 Å². The summed E-state index contributed by atoms with van der Waals surface area (Å²) >= 11 is 5.77. The number of aromatic hydroxyl groups is 1. The van der Waals surface area contributed by atoms with Gasteiger partial charge in [-0.25, -0.2) is 4.39 Å². The minimum Gasteiger partial charge on any atom is -0.506 e. The van der Waals surface area contributed by atoms with Crippen LogP contribution in [0.4, 0.5) is 21.5 Å². The van der Waals surface area contributed by atoms with E-state index in [1.165, 1.54) is 24.3 Å². The smallest absolute Gasteiger partial charge is 0.295 e. The van der Waals surface area contributed by atoms with Crippen LogP contribution in [0.3, 0.4) is 0 Å². The fourth-order valence-corrected chi connectivity index (χ4v) is 1.69. The molecule has 2 aromatic rings. The summed E-state index contributed by atoms with van der Waals surface area (Å²) in [7, 11) is 0. The highest BCUT2D eigenvalue weighted by Crippen LogP contribution is 2.33. The van der Waals surface area contributed by atoms with Crippen molar-refractivity contribution in [1.29, 1.82) is 0 Å². The second-order valence-corrected chi connectivity index (χ2v) is 4.14. The molecule has 2 rings (SSSR count). The number of benzene rings is 2. The number of hydrogen-bond donors (Lipinski definition) is 2. The van der Waals surface area contributed by atoms with Crippen molar-refractivity contribution in [1.82, 2.24) is 0 Å². The Bertz CT molecular complexity index is 649. The van der Waals surface area contributed by atoms with Gasteiger partial charge in [0.1, 0.15) is 17.3 Å². The second-order valence-electron chi connectivity index (χ2n) is 3.71. The Balaban J connectivity index is 2.43. The summed E-state index contributed by atoms with van der Waals surface area (Å²) in [6.07, 6.45) is 0. The molecular weight excluding hydrogens is 275 g/mol. The molecule has 0 amide bonds. The van der Waals surface area contributed by atoms with Crippen LogP contribution in [0.5, 0.6) is 5.75 Å². The van der Waals surface area contributed by atoms with Crippen LogP contribution >= 0.6 is 11.6 Å². The van der Waals surface area contributed by atoms with Crippen molar-refractivity contribution in [3.63, 3.8) is 0 Å². The summed E-state index contributed by atoms with van der Waals surface area (Å²) in [6.45, 7) is 0. The SMILES string of the molecule is O=[N+]([O-])c1cc(F)ccc1Nc1cc(Cl)ccc1O. The van der Waals surface area contributed by atoms with Gasteiger partial charge in [0, 0.05) is 5.02 Å². The van der Waals surface area contributed by atoms with Crippen molar-refractivity contribution >= 4 is 28.7 Å². The van der Waals surface area contributed by atoms with Gasteiger partial charge in [0.15, 0.2) is 0 Å². The molecule has 0 heterocycles. The van der Waals surface area contributed by atoms with E-state index in [4.69, 9.17) is 11.6 Å². The van der Waals surface area contributed by atoms with Crippen LogP contribution in [0.1, 0.15) is 0 Å². The average molecular weight is 283 g/mol. The monoisotopic (exact) mass is 282 g/mol. The lowest BCUT2D eigenvalue weighted by Crippen LogP contribution is -1.98. The maximum absolute atomic E-state index is 13.0. The predicted octanol–water partition coefficient (Wildman–Crippen LogP) is 3.84. The fraction of sp³-hybridized carbons (Fsp3) is 0. The molecule has 0 aliphatic rings. The molecule has 7 heteroatoms. The van der Waals surface area contributed by atoms with Crippen molar-refractivity contribution < 1.29 is 14.4 Å². The number of halogens is 2. The average Bonchev–Trinajstić information content (AvgIpc) is 2.35. The minimum absolute atomic E-state index is 0.0592. The van der Waals surface area contributed by atoms with E-state index in [1.54, 1.807) is 0 Å². The molecule has 2 N–H and O–H groups in total. The van der Waals surface area contributed by atoms with Gasteiger partial charge in [-0.1, -0.05) is 11.6 Å². The fourth-order valence-electron chi connectivity index (χ4n) is 1.52. The zero-order valence-corrected chi connectivity index (χ0v) is 10.2. The molecule has 98 valence electrons. The lowest BCUT2D eigenvalue weighted by molar-refractivity contribution is -0.384. The summed E-state index contributed by atoms with van der Waals surface area (Å²) in [5, 5.41) is 23.4. The molecule has 0 saturated heterocycles. The molecule has 2 aromatic carbocycles. The number of nitrogens with zero attached hydrogens (tertiary/aromatic N) is 1. The maximum Gasteiger partial charge on any atom is 0.295 e. The van der Waals surface area contributed by atoms with Crippen LogP contribution in [0.15, 0.2) is 36.4 Å². The lowest BCUT2D eigenvalue weighted by Gasteiger charge is -2.09. The second kappa shape index (κ2) is 5.11. The molecule has 0 aromatic heterocycles. The van der Waals surface area contributed by atoms with E-state index >= 15 is 0 Å². The van der Waals surface area contributed by atoms with Gasteiger partial charge in [0.25, 0.3) is 5.69 Å². The van der Waals surface area contributed by atoms with Crippen molar-refractivity contribution in [3.8, 4) is 5.75 Å². The number of nitro benzene ring substituents is 1. The molecule has 0 spiro atoms. The van der Waals surface area contributed by atoms with Gasteiger partial charge in [-0.3, -0.25) is 10.1 Å². The summed E-state index contributed by atoms with van der Waals surface area (Å²) in [4.78, 5) is 10.1. The van der Waals surface area contributed by atoms with Crippen LogP contribution in [0.25, 0.3) is 0 Å². The first-order valence-electron chi connectivity index (χ1n) is 5.17. The summed E-state index contributed by atoms with van der Waals surface area (Å²) in [5.74, 6) is -0.837. The Labute approximate surface area is 112 Å². The van der Waals surface area contributed by atoms with E-state index in [-0.39, 0.29) is 17.1 Å². The van der Waals surface area contributed by atoms with Crippen LogP contribution < -0.4 is 5.32 Å². The molecule has 0 aliphatic heterocycles. The molecule has 5 nitrogen and oxygen atoms in total. The summed E-state index contributed by atoms with van der Waals surface area (Å²) < 4.78 is 13.0. The van der Waals surface area contributed by atoms with Crippen molar-refractivity contribution in [2.24, 2.45) is 0 Å². The molecule has 0 saturated carbocycles. The van der Waals surface area contributed by atoms with Gasteiger partial charge < -0.3 is 10.4 Å². The van der Waals surface area contributed by atoms with E-state index in [0.717, 1.165) is 12.1 Å².